The summed E-state index contributed by atoms with van der Waals surface area (Å²) in [4.78, 5) is 20.3. The van der Waals surface area contributed by atoms with E-state index in [2.05, 4.69) is 55.0 Å². The zero-order chi connectivity index (χ0) is 23.8. The van der Waals surface area contributed by atoms with Gasteiger partial charge in [-0.15, -0.1) is 0 Å². The van der Waals surface area contributed by atoms with Crippen LogP contribution in [0.15, 0.2) is 46.3 Å². The van der Waals surface area contributed by atoms with Crippen molar-refractivity contribution in [2.24, 2.45) is 4.99 Å². The molecule has 0 spiro atoms. The zero-order valence-corrected chi connectivity index (χ0v) is 21.3. The number of hydrogen-bond acceptors (Lipinski definition) is 5. The van der Waals surface area contributed by atoms with Crippen LogP contribution in [0.5, 0.6) is 5.75 Å². The van der Waals surface area contributed by atoms with Gasteiger partial charge in [0.05, 0.1) is 17.7 Å². The van der Waals surface area contributed by atoms with Gasteiger partial charge in [0.2, 0.25) is 0 Å². The van der Waals surface area contributed by atoms with E-state index in [1.54, 1.807) is 19.2 Å². The number of amides is 1. The van der Waals surface area contributed by atoms with E-state index in [9.17, 15) is 4.79 Å². The Balaban J connectivity index is 1.69. The van der Waals surface area contributed by atoms with Crippen molar-refractivity contribution < 1.29 is 9.53 Å². The van der Waals surface area contributed by atoms with E-state index >= 15 is 0 Å². The molecule has 0 aliphatic carbocycles. The van der Waals surface area contributed by atoms with Crippen LogP contribution in [-0.4, -0.2) is 30.3 Å². The molecule has 2 heterocycles. The molecule has 1 unspecified atom stereocenters. The van der Waals surface area contributed by atoms with Gasteiger partial charge in [-0.1, -0.05) is 25.4 Å². The summed E-state index contributed by atoms with van der Waals surface area (Å²) >= 11 is 7.28. The summed E-state index contributed by atoms with van der Waals surface area (Å²) in [7, 11) is 1.68. The molecule has 1 atom stereocenters. The number of hydrogen-bond donors (Lipinski definition) is 1. The lowest BCUT2D eigenvalue weighted by molar-refractivity contribution is -0.115. The molecule has 0 saturated carbocycles. The number of ether oxygens (including phenoxy) is 1. The molecule has 2 aliphatic heterocycles. The lowest BCUT2D eigenvalue weighted by Gasteiger charge is -2.47. The summed E-state index contributed by atoms with van der Waals surface area (Å²) in [6.45, 7) is 10.1. The molecule has 4 rings (SSSR count). The molecule has 1 N–H and O–H groups in total. The van der Waals surface area contributed by atoms with Crippen LogP contribution in [-0.2, 0) is 4.79 Å². The Morgan fingerprint density at radius 1 is 1.30 bits per heavy atom. The lowest BCUT2D eigenvalue weighted by Crippen LogP contribution is -2.48. The van der Waals surface area contributed by atoms with E-state index in [0.717, 1.165) is 36.4 Å². The van der Waals surface area contributed by atoms with Crippen molar-refractivity contribution in [3.05, 3.63) is 57.5 Å². The summed E-state index contributed by atoms with van der Waals surface area (Å²) in [5.74, 6) is 1.02. The molecular weight excluding hydrogens is 454 g/mol. The SMILES string of the molecule is CCCN1c2cc(OC)c(/C=C3/SC(=Nc4ccc(Cl)cc4)NC3=O)cc2C(C)CC1(C)C. The number of anilines is 1. The maximum Gasteiger partial charge on any atom is 0.264 e. The molecule has 1 fully saturated rings. The van der Waals surface area contributed by atoms with Gasteiger partial charge in [-0.3, -0.25) is 4.79 Å². The summed E-state index contributed by atoms with van der Waals surface area (Å²) < 4.78 is 5.77. The predicted molar refractivity (Wildman–Crippen MR) is 140 cm³/mol. The van der Waals surface area contributed by atoms with Crippen molar-refractivity contribution in [1.29, 1.82) is 0 Å². The van der Waals surface area contributed by atoms with E-state index in [1.165, 1.54) is 23.0 Å². The molecule has 1 amide bonds. The minimum absolute atomic E-state index is 0.0850. The molecule has 0 aromatic heterocycles. The summed E-state index contributed by atoms with van der Waals surface area (Å²) in [6, 6.07) is 11.5. The minimum atomic E-state index is -0.158. The highest BCUT2D eigenvalue weighted by Gasteiger charge is 2.36. The zero-order valence-electron chi connectivity index (χ0n) is 19.7. The van der Waals surface area contributed by atoms with Crippen molar-refractivity contribution in [2.45, 2.75) is 52.0 Å². The van der Waals surface area contributed by atoms with E-state index < -0.39 is 0 Å². The summed E-state index contributed by atoms with van der Waals surface area (Å²) in [6.07, 6.45) is 4.06. The summed E-state index contributed by atoms with van der Waals surface area (Å²) in [5.41, 5.74) is 4.26. The number of nitrogens with one attached hydrogen (secondary N) is 1. The first-order valence-corrected chi connectivity index (χ1v) is 12.5. The fraction of sp³-hybridized carbons (Fsp3) is 0.385. The molecule has 7 heteroatoms. The largest absolute Gasteiger partial charge is 0.496 e. The third-order valence-electron chi connectivity index (χ3n) is 6.18. The first-order chi connectivity index (χ1) is 15.7. The van der Waals surface area contributed by atoms with Crippen LogP contribution in [0.1, 0.15) is 57.6 Å². The molecule has 33 heavy (non-hydrogen) atoms. The van der Waals surface area contributed by atoms with Gasteiger partial charge in [-0.25, -0.2) is 4.99 Å². The van der Waals surface area contributed by atoms with Gasteiger partial charge < -0.3 is 15.0 Å². The van der Waals surface area contributed by atoms with E-state index in [4.69, 9.17) is 16.3 Å². The van der Waals surface area contributed by atoms with E-state index in [0.29, 0.717) is 21.0 Å². The Bertz CT molecular complexity index is 1130. The fourth-order valence-electron chi connectivity index (χ4n) is 4.72. The van der Waals surface area contributed by atoms with Gasteiger partial charge in [0.15, 0.2) is 5.17 Å². The van der Waals surface area contributed by atoms with Crippen LogP contribution >= 0.6 is 23.4 Å². The molecule has 0 bridgehead atoms. The fourth-order valence-corrected chi connectivity index (χ4v) is 5.68. The maximum absolute atomic E-state index is 12.7. The number of thioether (sulfide) groups is 1. The lowest BCUT2D eigenvalue weighted by atomic mass is 9.79. The van der Waals surface area contributed by atoms with Crippen molar-refractivity contribution in [3.8, 4) is 5.75 Å². The number of halogens is 1. The molecule has 0 radical (unpaired) electrons. The molecule has 174 valence electrons. The Morgan fingerprint density at radius 3 is 2.70 bits per heavy atom. The van der Waals surface area contributed by atoms with Gasteiger partial charge in [0.1, 0.15) is 5.75 Å². The number of aliphatic imine (C=N–C) groups is 1. The van der Waals surface area contributed by atoms with Gasteiger partial charge in [-0.2, -0.15) is 0 Å². The molecule has 5 nitrogen and oxygen atoms in total. The second-order valence-electron chi connectivity index (χ2n) is 9.18. The van der Waals surface area contributed by atoms with Crippen molar-refractivity contribution in [2.75, 3.05) is 18.6 Å². The molecule has 1 saturated heterocycles. The van der Waals surface area contributed by atoms with Crippen molar-refractivity contribution in [3.63, 3.8) is 0 Å². The van der Waals surface area contributed by atoms with Crippen LogP contribution in [0.4, 0.5) is 11.4 Å². The quantitative estimate of drug-likeness (QED) is 0.478. The number of nitrogens with zero attached hydrogens (tertiary/aromatic N) is 2. The average Bonchev–Trinajstić information content (AvgIpc) is 3.10. The van der Waals surface area contributed by atoms with Crippen LogP contribution < -0.4 is 15.0 Å². The first-order valence-electron chi connectivity index (χ1n) is 11.3. The van der Waals surface area contributed by atoms with Gasteiger partial charge >= 0.3 is 0 Å². The second-order valence-corrected chi connectivity index (χ2v) is 10.6. The van der Waals surface area contributed by atoms with Crippen LogP contribution in [0.3, 0.4) is 0 Å². The molecule has 2 aromatic rings. The second kappa shape index (κ2) is 9.43. The Labute approximate surface area is 205 Å². The predicted octanol–water partition coefficient (Wildman–Crippen LogP) is 6.74. The summed E-state index contributed by atoms with van der Waals surface area (Å²) in [5, 5.41) is 4.06. The number of amidine groups is 1. The van der Waals surface area contributed by atoms with Crippen LogP contribution in [0, 0.1) is 0 Å². The third kappa shape index (κ3) is 4.92. The number of carbonyl (C=O) groups excluding carboxylic acids is 1. The number of fused-ring (bicyclic) bond motifs is 1. The average molecular weight is 484 g/mol. The Hall–Kier alpha value is -2.44. The topological polar surface area (TPSA) is 53.9 Å². The Kier molecular flexibility index (Phi) is 6.78. The van der Waals surface area contributed by atoms with Crippen molar-refractivity contribution in [1.82, 2.24) is 5.32 Å². The highest BCUT2D eigenvalue weighted by Crippen LogP contribution is 2.46. The first kappa shape index (κ1) is 23.7. The smallest absolute Gasteiger partial charge is 0.264 e. The monoisotopic (exact) mass is 483 g/mol. The third-order valence-corrected chi connectivity index (χ3v) is 7.34. The number of methoxy groups -OCH3 is 1. The van der Waals surface area contributed by atoms with E-state index in [1.807, 2.05) is 18.2 Å². The van der Waals surface area contributed by atoms with Crippen LogP contribution in [0.25, 0.3) is 6.08 Å². The highest BCUT2D eigenvalue weighted by atomic mass is 35.5. The standard InChI is InChI=1S/C26H30ClN3O2S/c1-6-11-30-21-14-22(32-5)17(12-20(21)16(2)15-26(30,3)4)13-23-24(31)29-25(33-23)28-19-9-7-18(27)8-10-19/h7-10,12-14,16H,6,11,15H2,1-5H3,(H,28,29,31)/b23-13+. The minimum Gasteiger partial charge on any atom is -0.496 e. The van der Waals surface area contributed by atoms with Gasteiger partial charge in [-0.05, 0) is 86.3 Å². The molecule has 2 aromatic carbocycles. The normalized spacial score (nSPS) is 21.9. The molecule has 2 aliphatic rings. The number of carbonyl (C=O) groups is 1. The number of rotatable bonds is 5. The van der Waals surface area contributed by atoms with E-state index in [-0.39, 0.29) is 11.4 Å². The molecular formula is C26H30ClN3O2S. The van der Waals surface area contributed by atoms with Crippen molar-refractivity contribution >= 4 is 51.9 Å². The highest BCUT2D eigenvalue weighted by molar-refractivity contribution is 8.18. The Morgan fingerprint density at radius 2 is 2.03 bits per heavy atom. The maximum atomic E-state index is 12.7. The van der Waals surface area contributed by atoms with Gasteiger partial charge in [0.25, 0.3) is 5.91 Å². The van der Waals surface area contributed by atoms with Crippen LogP contribution in [0.2, 0.25) is 5.02 Å². The van der Waals surface area contributed by atoms with Gasteiger partial charge in [0, 0.05) is 34.4 Å². The number of benzene rings is 2.